The average Bonchev–Trinajstić information content (AvgIpc) is 2.84. The first-order valence-corrected chi connectivity index (χ1v) is 6.68. The minimum Gasteiger partial charge on any atom is -0.397 e. The second-order valence-corrected chi connectivity index (χ2v) is 6.27. The molecule has 3 aromatic rings. The number of nitrogens with one attached hydrogen (secondary N) is 1. The molecule has 3 N–H and O–H groups in total. The van der Waals surface area contributed by atoms with Gasteiger partial charge in [0, 0.05) is 10.9 Å². The average molecular weight is 341 g/mol. The molecule has 0 unspecified atom stereocenters. The number of aromatic nitrogens is 2. The Balaban J connectivity index is 2.22. The Kier molecular flexibility index (Phi) is 2.36. The minimum atomic E-state index is 0.713. The summed E-state index contributed by atoms with van der Waals surface area (Å²) in [5.41, 5.74) is 9.53. The van der Waals surface area contributed by atoms with Gasteiger partial charge in [0.1, 0.15) is 11.3 Å². The van der Waals surface area contributed by atoms with E-state index in [1.807, 2.05) is 18.2 Å². The highest BCUT2D eigenvalue weighted by Crippen LogP contribution is 2.27. The van der Waals surface area contributed by atoms with Crippen LogP contribution in [0.1, 0.15) is 0 Å². The third-order valence-electron chi connectivity index (χ3n) is 2.38. The number of rotatable bonds is 1. The largest absolute Gasteiger partial charge is 0.397 e. The third-order valence-corrected chi connectivity index (χ3v) is 4.17. The summed E-state index contributed by atoms with van der Waals surface area (Å²) in [5, 5.41) is 2.09. The lowest BCUT2D eigenvalue weighted by molar-refractivity contribution is 1.35. The van der Waals surface area contributed by atoms with Gasteiger partial charge in [-0.2, -0.15) is 0 Å². The van der Waals surface area contributed by atoms with Crippen molar-refractivity contribution in [1.29, 1.82) is 0 Å². The molecule has 80 valence electrons. The first-order chi connectivity index (χ1) is 7.74. The third kappa shape index (κ3) is 1.60. The number of nitrogens with two attached hydrogens (primary N) is 1. The van der Waals surface area contributed by atoms with E-state index >= 15 is 0 Å². The molecule has 0 spiro atoms. The van der Waals surface area contributed by atoms with Crippen LogP contribution in [0.15, 0.2) is 29.6 Å². The zero-order valence-electron chi connectivity index (χ0n) is 8.20. The van der Waals surface area contributed by atoms with Crippen LogP contribution in [0.2, 0.25) is 0 Å². The summed E-state index contributed by atoms with van der Waals surface area (Å²) in [4.78, 5) is 7.80. The molecule has 0 fully saturated rings. The highest BCUT2D eigenvalue weighted by Gasteiger charge is 2.08. The molecule has 0 aliphatic rings. The normalized spacial score (nSPS) is 11.1. The molecule has 0 bridgehead atoms. The highest BCUT2D eigenvalue weighted by molar-refractivity contribution is 14.1. The Bertz CT molecular complexity index is 656. The molecule has 2 heterocycles. The number of halogens is 1. The maximum Gasteiger partial charge on any atom is 0.139 e. The van der Waals surface area contributed by atoms with E-state index in [0.29, 0.717) is 5.69 Å². The topological polar surface area (TPSA) is 54.7 Å². The van der Waals surface area contributed by atoms with Gasteiger partial charge >= 0.3 is 0 Å². The summed E-state index contributed by atoms with van der Waals surface area (Å²) in [5.74, 6) is 0.882. The number of thiophene rings is 1. The number of nitrogens with zero attached hydrogens (tertiary/aromatic N) is 1. The Hall–Kier alpha value is -1.08. The van der Waals surface area contributed by atoms with Crippen molar-refractivity contribution in [1.82, 2.24) is 9.97 Å². The van der Waals surface area contributed by atoms with Gasteiger partial charge in [0.2, 0.25) is 0 Å². The Morgan fingerprint density at radius 2 is 2.25 bits per heavy atom. The van der Waals surface area contributed by atoms with Crippen LogP contribution >= 0.6 is 33.9 Å². The predicted octanol–water partition coefficient (Wildman–Crippen LogP) is 3.48. The SMILES string of the molecule is Nc1cccc2[nH]c(-c3csc(I)c3)nc12. The number of hydrogen-bond donors (Lipinski definition) is 2. The molecule has 0 amide bonds. The lowest BCUT2D eigenvalue weighted by atomic mass is 10.3. The van der Waals surface area contributed by atoms with Crippen molar-refractivity contribution in [2.75, 3.05) is 5.73 Å². The maximum absolute atomic E-state index is 5.87. The van der Waals surface area contributed by atoms with E-state index in [1.54, 1.807) is 11.3 Å². The van der Waals surface area contributed by atoms with E-state index in [9.17, 15) is 0 Å². The molecule has 0 saturated heterocycles. The fraction of sp³-hybridized carbons (Fsp3) is 0. The fourth-order valence-corrected chi connectivity index (χ4v) is 2.96. The van der Waals surface area contributed by atoms with Gasteiger partial charge in [0.15, 0.2) is 0 Å². The summed E-state index contributed by atoms with van der Waals surface area (Å²) < 4.78 is 1.25. The number of imidazole rings is 1. The number of para-hydroxylation sites is 1. The number of benzene rings is 1. The van der Waals surface area contributed by atoms with Crippen molar-refractivity contribution in [3.8, 4) is 11.4 Å². The number of H-pyrrole nitrogens is 1. The van der Waals surface area contributed by atoms with Gasteiger partial charge in [-0.05, 0) is 40.8 Å². The van der Waals surface area contributed by atoms with Gasteiger partial charge in [-0.15, -0.1) is 11.3 Å². The van der Waals surface area contributed by atoms with Crippen LogP contribution < -0.4 is 5.73 Å². The number of hydrogen-bond acceptors (Lipinski definition) is 3. The van der Waals surface area contributed by atoms with Crippen molar-refractivity contribution in [2.24, 2.45) is 0 Å². The lowest BCUT2D eigenvalue weighted by Gasteiger charge is -1.90. The second kappa shape index (κ2) is 3.74. The van der Waals surface area contributed by atoms with Crippen molar-refractivity contribution in [3.63, 3.8) is 0 Å². The minimum absolute atomic E-state index is 0.713. The summed E-state index contributed by atoms with van der Waals surface area (Å²) in [7, 11) is 0. The van der Waals surface area contributed by atoms with Crippen LogP contribution in [0.3, 0.4) is 0 Å². The van der Waals surface area contributed by atoms with E-state index in [0.717, 1.165) is 22.4 Å². The second-order valence-electron chi connectivity index (χ2n) is 3.47. The summed E-state index contributed by atoms with van der Waals surface area (Å²) >= 11 is 4.01. The molecule has 3 nitrogen and oxygen atoms in total. The Morgan fingerprint density at radius 1 is 1.38 bits per heavy atom. The summed E-state index contributed by atoms with van der Waals surface area (Å²) in [6.45, 7) is 0. The number of fused-ring (bicyclic) bond motifs is 1. The zero-order chi connectivity index (χ0) is 11.1. The first-order valence-electron chi connectivity index (χ1n) is 4.72. The quantitative estimate of drug-likeness (QED) is 0.526. The number of anilines is 1. The van der Waals surface area contributed by atoms with Gasteiger partial charge in [-0.1, -0.05) is 6.07 Å². The molecule has 5 heteroatoms. The Labute approximate surface area is 110 Å². The summed E-state index contributed by atoms with van der Waals surface area (Å²) in [6, 6.07) is 7.89. The van der Waals surface area contributed by atoms with Crippen molar-refractivity contribution in [3.05, 3.63) is 32.5 Å². The van der Waals surface area contributed by atoms with Crippen LogP contribution in [-0.2, 0) is 0 Å². The highest BCUT2D eigenvalue weighted by atomic mass is 127. The zero-order valence-corrected chi connectivity index (χ0v) is 11.2. The molecule has 0 atom stereocenters. The molecular weight excluding hydrogens is 333 g/mol. The molecule has 1 aromatic carbocycles. The summed E-state index contributed by atoms with van der Waals surface area (Å²) in [6.07, 6.45) is 0. The molecule has 0 aliphatic heterocycles. The fourth-order valence-electron chi connectivity index (χ4n) is 1.63. The van der Waals surface area contributed by atoms with Crippen LogP contribution in [-0.4, -0.2) is 9.97 Å². The number of nitrogen functional groups attached to an aromatic ring is 1. The molecule has 0 radical (unpaired) electrons. The molecule has 0 aliphatic carbocycles. The molecule has 2 aromatic heterocycles. The van der Waals surface area contributed by atoms with E-state index in [2.05, 4.69) is 44.0 Å². The maximum atomic E-state index is 5.87. The van der Waals surface area contributed by atoms with Crippen molar-refractivity contribution < 1.29 is 0 Å². The van der Waals surface area contributed by atoms with E-state index in [4.69, 9.17) is 5.73 Å². The molecule has 0 saturated carbocycles. The van der Waals surface area contributed by atoms with Crippen molar-refractivity contribution >= 4 is 50.6 Å². The van der Waals surface area contributed by atoms with Gasteiger partial charge in [0.05, 0.1) is 14.1 Å². The van der Waals surface area contributed by atoms with Crippen LogP contribution in [0.5, 0.6) is 0 Å². The molecule has 16 heavy (non-hydrogen) atoms. The van der Waals surface area contributed by atoms with Crippen LogP contribution in [0, 0.1) is 2.88 Å². The van der Waals surface area contributed by atoms with Crippen LogP contribution in [0.4, 0.5) is 5.69 Å². The monoisotopic (exact) mass is 341 g/mol. The van der Waals surface area contributed by atoms with E-state index in [-0.39, 0.29) is 0 Å². The molecule has 3 rings (SSSR count). The standard InChI is InChI=1S/C11H8IN3S/c12-9-4-6(5-16-9)11-14-8-3-1-2-7(13)10(8)15-11/h1-5H,13H2,(H,14,15). The van der Waals surface area contributed by atoms with Crippen LogP contribution in [0.25, 0.3) is 22.4 Å². The van der Waals surface area contributed by atoms with E-state index < -0.39 is 0 Å². The molecular formula is C11H8IN3S. The predicted molar refractivity (Wildman–Crippen MR) is 76.5 cm³/mol. The number of aromatic amines is 1. The van der Waals surface area contributed by atoms with Gasteiger partial charge in [0.25, 0.3) is 0 Å². The van der Waals surface area contributed by atoms with Gasteiger partial charge < -0.3 is 10.7 Å². The lowest BCUT2D eigenvalue weighted by Crippen LogP contribution is -1.84. The van der Waals surface area contributed by atoms with Gasteiger partial charge in [-0.25, -0.2) is 4.98 Å². The van der Waals surface area contributed by atoms with Crippen molar-refractivity contribution in [2.45, 2.75) is 0 Å². The smallest absolute Gasteiger partial charge is 0.139 e. The first kappa shape index (κ1) is 10.1. The van der Waals surface area contributed by atoms with Gasteiger partial charge in [-0.3, -0.25) is 0 Å². The Morgan fingerprint density at radius 3 is 2.94 bits per heavy atom. The van der Waals surface area contributed by atoms with E-state index in [1.165, 1.54) is 2.88 Å².